The van der Waals surface area contributed by atoms with Gasteiger partial charge >= 0.3 is 5.97 Å². The van der Waals surface area contributed by atoms with Crippen LogP contribution in [0.3, 0.4) is 0 Å². The van der Waals surface area contributed by atoms with Crippen molar-refractivity contribution >= 4 is 5.97 Å². The molecule has 0 radical (unpaired) electrons. The second-order valence-corrected chi connectivity index (χ2v) is 5.65. The predicted octanol–water partition coefficient (Wildman–Crippen LogP) is 5.41. The molecular formula is C16H32O2. The number of hydrogen-bond donors (Lipinski definition) is 1. The van der Waals surface area contributed by atoms with Gasteiger partial charge < -0.3 is 5.11 Å². The molecule has 1 atom stereocenters. The molecule has 1 N–H and O–H groups in total. The second kappa shape index (κ2) is 12.9. The smallest absolute Gasteiger partial charge is 0.303 e. The summed E-state index contributed by atoms with van der Waals surface area (Å²) in [5.41, 5.74) is 0. The molecule has 0 fully saturated rings. The standard InChI is InChI=1S/C16H32O2/c1-3-4-5-6-9-12-15(2)13-10-7-8-11-14-16(17)18/h15H,3-14H2,1-2H3,(H,17,18). The molecule has 2 heteroatoms. The van der Waals surface area contributed by atoms with Crippen LogP contribution in [0, 0.1) is 5.92 Å². The lowest BCUT2D eigenvalue weighted by Crippen LogP contribution is -1.96. The second-order valence-electron chi connectivity index (χ2n) is 5.65. The normalized spacial score (nSPS) is 12.6. The SMILES string of the molecule is CCCCCCCC(C)CCCCCCC(=O)O. The fourth-order valence-corrected chi connectivity index (χ4v) is 2.36. The third-order valence-corrected chi connectivity index (χ3v) is 3.64. The molecule has 18 heavy (non-hydrogen) atoms. The van der Waals surface area contributed by atoms with E-state index in [4.69, 9.17) is 5.11 Å². The van der Waals surface area contributed by atoms with E-state index in [9.17, 15) is 4.79 Å². The highest BCUT2D eigenvalue weighted by molar-refractivity contribution is 5.66. The number of rotatable bonds is 13. The van der Waals surface area contributed by atoms with Gasteiger partial charge in [-0.05, 0) is 12.3 Å². The molecule has 2 nitrogen and oxygen atoms in total. The van der Waals surface area contributed by atoms with Crippen molar-refractivity contribution in [3.05, 3.63) is 0 Å². The molecule has 0 aromatic heterocycles. The summed E-state index contributed by atoms with van der Waals surface area (Å²) < 4.78 is 0. The van der Waals surface area contributed by atoms with Crippen LogP contribution in [-0.4, -0.2) is 11.1 Å². The average Bonchev–Trinajstić information content (AvgIpc) is 2.33. The van der Waals surface area contributed by atoms with Crippen molar-refractivity contribution in [2.75, 3.05) is 0 Å². The van der Waals surface area contributed by atoms with Crippen molar-refractivity contribution in [3.63, 3.8) is 0 Å². The topological polar surface area (TPSA) is 37.3 Å². The molecule has 0 saturated carbocycles. The maximum absolute atomic E-state index is 10.3. The highest BCUT2D eigenvalue weighted by Crippen LogP contribution is 2.17. The van der Waals surface area contributed by atoms with E-state index in [-0.39, 0.29) is 0 Å². The van der Waals surface area contributed by atoms with Gasteiger partial charge in [0.1, 0.15) is 0 Å². The predicted molar refractivity (Wildman–Crippen MR) is 77.9 cm³/mol. The molecule has 0 heterocycles. The minimum atomic E-state index is -0.657. The lowest BCUT2D eigenvalue weighted by Gasteiger charge is -2.10. The molecule has 0 amide bonds. The summed E-state index contributed by atoms with van der Waals surface area (Å²) in [5.74, 6) is 0.196. The molecule has 0 aliphatic heterocycles. The number of aliphatic carboxylic acids is 1. The van der Waals surface area contributed by atoms with E-state index in [1.165, 1.54) is 57.8 Å². The van der Waals surface area contributed by atoms with E-state index < -0.39 is 5.97 Å². The van der Waals surface area contributed by atoms with Gasteiger partial charge in [-0.25, -0.2) is 0 Å². The van der Waals surface area contributed by atoms with Gasteiger partial charge in [-0.1, -0.05) is 78.1 Å². The van der Waals surface area contributed by atoms with Crippen molar-refractivity contribution in [1.82, 2.24) is 0 Å². The van der Waals surface area contributed by atoms with Crippen LogP contribution in [0.5, 0.6) is 0 Å². The van der Waals surface area contributed by atoms with Gasteiger partial charge in [-0.2, -0.15) is 0 Å². The number of hydrogen-bond acceptors (Lipinski definition) is 1. The Labute approximate surface area is 113 Å². The Morgan fingerprint density at radius 3 is 1.89 bits per heavy atom. The first kappa shape index (κ1) is 17.5. The summed E-state index contributed by atoms with van der Waals surface area (Å²) in [7, 11) is 0. The van der Waals surface area contributed by atoms with Gasteiger partial charge in [-0.3, -0.25) is 4.79 Å². The van der Waals surface area contributed by atoms with Crippen molar-refractivity contribution in [2.24, 2.45) is 5.92 Å². The van der Waals surface area contributed by atoms with Crippen molar-refractivity contribution < 1.29 is 9.90 Å². The zero-order chi connectivity index (χ0) is 13.6. The highest BCUT2D eigenvalue weighted by atomic mass is 16.4. The number of carboxylic acid groups (broad SMARTS) is 1. The maximum Gasteiger partial charge on any atom is 0.303 e. The Morgan fingerprint density at radius 2 is 1.39 bits per heavy atom. The van der Waals surface area contributed by atoms with Crippen LogP contribution in [0.25, 0.3) is 0 Å². The van der Waals surface area contributed by atoms with Gasteiger partial charge in [0.05, 0.1) is 0 Å². The zero-order valence-corrected chi connectivity index (χ0v) is 12.4. The van der Waals surface area contributed by atoms with E-state index >= 15 is 0 Å². The van der Waals surface area contributed by atoms with Crippen LogP contribution in [0.1, 0.15) is 90.9 Å². The summed E-state index contributed by atoms with van der Waals surface area (Å²) in [6.45, 7) is 4.62. The van der Waals surface area contributed by atoms with Crippen LogP contribution < -0.4 is 0 Å². The van der Waals surface area contributed by atoms with Crippen LogP contribution in [0.2, 0.25) is 0 Å². The largest absolute Gasteiger partial charge is 0.481 e. The zero-order valence-electron chi connectivity index (χ0n) is 12.4. The molecule has 0 rings (SSSR count). The third-order valence-electron chi connectivity index (χ3n) is 3.64. The third kappa shape index (κ3) is 13.5. The first-order valence-electron chi connectivity index (χ1n) is 7.88. The number of carboxylic acids is 1. The van der Waals surface area contributed by atoms with Gasteiger partial charge in [0, 0.05) is 6.42 Å². The highest BCUT2D eigenvalue weighted by Gasteiger charge is 2.02. The number of carbonyl (C=O) groups is 1. The molecule has 108 valence electrons. The summed E-state index contributed by atoms with van der Waals surface area (Å²) in [4.78, 5) is 10.3. The van der Waals surface area contributed by atoms with E-state index in [1.54, 1.807) is 0 Å². The first-order valence-corrected chi connectivity index (χ1v) is 7.88. The minimum Gasteiger partial charge on any atom is -0.481 e. The first-order chi connectivity index (χ1) is 8.66. The molecule has 0 aromatic rings. The van der Waals surface area contributed by atoms with Crippen molar-refractivity contribution in [1.29, 1.82) is 0 Å². The van der Waals surface area contributed by atoms with Gasteiger partial charge in [-0.15, -0.1) is 0 Å². The molecule has 0 spiro atoms. The van der Waals surface area contributed by atoms with E-state index in [0.717, 1.165) is 18.8 Å². The van der Waals surface area contributed by atoms with Crippen LogP contribution in [-0.2, 0) is 4.79 Å². The summed E-state index contributed by atoms with van der Waals surface area (Å²) >= 11 is 0. The van der Waals surface area contributed by atoms with Crippen molar-refractivity contribution in [2.45, 2.75) is 90.9 Å². The summed E-state index contributed by atoms with van der Waals surface area (Å²) in [6, 6.07) is 0. The van der Waals surface area contributed by atoms with Gasteiger partial charge in [0.25, 0.3) is 0 Å². The summed E-state index contributed by atoms with van der Waals surface area (Å²) in [6.07, 6.45) is 14.3. The molecule has 0 aliphatic rings. The fourth-order valence-electron chi connectivity index (χ4n) is 2.36. The number of unbranched alkanes of at least 4 members (excludes halogenated alkanes) is 7. The van der Waals surface area contributed by atoms with Crippen LogP contribution in [0.4, 0.5) is 0 Å². The van der Waals surface area contributed by atoms with E-state index in [1.807, 2.05) is 0 Å². The molecular weight excluding hydrogens is 224 g/mol. The van der Waals surface area contributed by atoms with E-state index in [0.29, 0.717) is 6.42 Å². The average molecular weight is 256 g/mol. The Balaban J connectivity index is 3.16. The molecule has 0 aliphatic carbocycles. The molecule has 0 aromatic carbocycles. The molecule has 0 saturated heterocycles. The van der Waals surface area contributed by atoms with E-state index in [2.05, 4.69) is 13.8 Å². The van der Waals surface area contributed by atoms with Gasteiger partial charge in [0.15, 0.2) is 0 Å². The summed E-state index contributed by atoms with van der Waals surface area (Å²) in [5, 5.41) is 8.52. The minimum absolute atomic E-state index is 0.340. The Hall–Kier alpha value is -0.530. The van der Waals surface area contributed by atoms with Crippen LogP contribution >= 0.6 is 0 Å². The maximum atomic E-state index is 10.3. The quantitative estimate of drug-likeness (QED) is 0.447. The Bertz CT molecular complexity index is 190. The molecule has 1 unspecified atom stereocenters. The lowest BCUT2D eigenvalue weighted by molar-refractivity contribution is -0.137. The Morgan fingerprint density at radius 1 is 0.889 bits per heavy atom. The van der Waals surface area contributed by atoms with Crippen molar-refractivity contribution in [3.8, 4) is 0 Å². The Kier molecular flexibility index (Phi) is 12.5. The monoisotopic (exact) mass is 256 g/mol. The van der Waals surface area contributed by atoms with Crippen LogP contribution in [0.15, 0.2) is 0 Å². The van der Waals surface area contributed by atoms with Gasteiger partial charge in [0.2, 0.25) is 0 Å². The lowest BCUT2D eigenvalue weighted by atomic mass is 9.96. The molecule has 0 bridgehead atoms. The fraction of sp³-hybridized carbons (Fsp3) is 0.938.